The van der Waals surface area contributed by atoms with Crippen molar-refractivity contribution in [2.75, 3.05) is 0 Å². The van der Waals surface area contributed by atoms with E-state index in [0.717, 1.165) is 0 Å². The van der Waals surface area contributed by atoms with E-state index in [1.165, 1.54) is 0 Å². The second-order valence-corrected chi connectivity index (χ2v) is 2.82. The molecule has 0 fully saturated rings. The predicted octanol–water partition coefficient (Wildman–Crippen LogP) is 2.14. The Bertz CT molecular complexity index is 340. The van der Waals surface area contributed by atoms with E-state index in [9.17, 15) is 4.79 Å². The molecule has 0 amide bonds. The molecular formula is C11H11NO2. The molecule has 72 valence electrons. The lowest BCUT2D eigenvalue weighted by Gasteiger charge is -2.06. The van der Waals surface area contributed by atoms with Crippen molar-refractivity contribution < 1.29 is 9.53 Å². The van der Waals surface area contributed by atoms with E-state index in [-0.39, 0.29) is 0 Å². The molecule has 0 aliphatic carbocycles. The molecule has 1 unspecified atom stereocenters. The number of para-hydroxylation sites is 1. The normalized spacial score (nSPS) is 11.4. The fraction of sp³-hybridized carbons (Fsp3) is 0.273. The summed E-state index contributed by atoms with van der Waals surface area (Å²) < 4.78 is 5.00. The molecular weight excluding hydrogens is 178 g/mol. The Morgan fingerprint density at radius 2 is 2.14 bits per heavy atom. The number of carbonyl (C=O) groups is 1. The van der Waals surface area contributed by atoms with Crippen LogP contribution in [0.5, 0.6) is 5.75 Å². The molecule has 1 aromatic rings. The van der Waals surface area contributed by atoms with Crippen LogP contribution >= 0.6 is 0 Å². The van der Waals surface area contributed by atoms with Crippen molar-refractivity contribution in [3.8, 4) is 11.8 Å². The van der Waals surface area contributed by atoms with Crippen LogP contribution in [0.15, 0.2) is 30.3 Å². The maximum Gasteiger partial charge on any atom is 0.328 e. The number of nitrogens with zero attached hydrogens (tertiary/aromatic N) is 1. The average molecular weight is 189 g/mol. The monoisotopic (exact) mass is 189 g/mol. The zero-order valence-electron chi connectivity index (χ0n) is 7.93. The summed E-state index contributed by atoms with van der Waals surface area (Å²) in [6, 6.07) is 10.6. The van der Waals surface area contributed by atoms with Gasteiger partial charge in [0.25, 0.3) is 0 Å². The number of benzene rings is 1. The van der Waals surface area contributed by atoms with E-state index < -0.39 is 11.9 Å². The molecule has 0 saturated carbocycles. The van der Waals surface area contributed by atoms with E-state index in [2.05, 4.69) is 0 Å². The molecule has 1 aromatic carbocycles. The summed E-state index contributed by atoms with van der Waals surface area (Å²) in [5, 5.41) is 8.62. The second kappa shape index (κ2) is 5.03. The SMILES string of the molecule is CCC(C#N)C(=O)Oc1ccccc1. The largest absolute Gasteiger partial charge is 0.426 e. The minimum atomic E-state index is -0.671. The third-order valence-corrected chi connectivity index (χ3v) is 1.81. The van der Waals surface area contributed by atoms with Crippen LogP contribution in [0, 0.1) is 17.2 Å². The number of carbonyl (C=O) groups excluding carboxylic acids is 1. The Balaban J connectivity index is 2.62. The fourth-order valence-electron chi connectivity index (χ4n) is 0.986. The van der Waals surface area contributed by atoms with Crippen LogP contribution in [0.3, 0.4) is 0 Å². The van der Waals surface area contributed by atoms with E-state index in [1.54, 1.807) is 31.2 Å². The van der Waals surface area contributed by atoms with Crippen molar-refractivity contribution in [3.63, 3.8) is 0 Å². The van der Waals surface area contributed by atoms with E-state index >= 15 is 0 Å². The summed E-state index contributed by atoms with van der Waals surface area (Å²) in [6.45, 7) is 1.78. The molecule has 3 heteroatoms. The Hall–Kier alpha value is -1.82. The second-order valence-electron chi connectivity index (χ2n) is 2.82. The molecule has 1 atom stereocenters. The molecule has 14 heavy (non-hydrogen) atoms. The maximum absolute atomic E-state index is 11.3. The number of hydrogen-bond acceptors (Lipinski definition) is 3. The van der Waals surface area contributed by atoms with Gasteiger partial charge in [-0.1, -0.05) is 25.1 Å². The van der Waals surface area contributed by atoms with Gasteiger partial charge in [0.1, 0.15) is 11.7 Å². The summed E-state index contributed by atoms with van der Waals surface area (Å²) in [5.74, 6) is -0.678. The molecule has 0 aromatic heterocycles. The number of esters is 1. The highest BCUT2D eigenvalue weighted by Gasteiger charge is 2.17. The van der Waals surface area contributed by atoms with Crippen molar-refractivity contribution in [3.05, 3.63) is 30.3 Å². The first-order valence-corrected chi connectivity index (χ1v) is 4.44. The van der Waals surface area contributed by atoms with Gasteiger partial charge in [0, 0.05) is 0 Å². The molecule has 0 aliphatic heterocycles. The van der Waals surface area contributed by atoms with Crippen molar-refractivity contribution in [1.29, 1.82) is 5.26 Å². The summed E-state index contributed by atoms with van der Waals surface area (Å²) in [5.41, 5.74) is 0. The van der Waals surface area contributed by atoms with Crippen molar-refractivity contribution in [2.45, 2.75) is 13.3 Å². The Labute approximate surface area is 82.9 Å². The highest BCUT2D eigenvalue weighted by Crippen LogP contribution is 2.12. The predicted molar refractivity (Wildman–Crippen MR) is 51.5 cm³/mol. The van der Waals surface area contributed by atoms with Crippen LogP contribution in [0.25, 0.3) is 0 Å². The number of rotatable bonds is 3. The van der Waals surface area contributed by atoms with Gasteiger partial charge in [-0.05, 0) is 18.6 Å². The third-order valence-electron chi connectivity index (χ3n) is 1.81. The van der Waals surface area contributed by atoms with Gasteiger partial charge in [-0.2, -0.15) is 5.26 Å². The van der Waals surface area contributed by atoms with Crippen molar-refractivity contribution in [1.82, 2.24) is 0 Å². The smallest absolute Gasteiger partial charge is 0.328 e. The highest BCUT2D eigenvalue weighted by molar-refractivity contribution is 5.77. The summed E-state index contributed by atoms with van der Waals surface area (Å²) in [7, 11) is 0. The van der Waals surface area contributed by atoms with Crippen LogP contribution in [-0.4, -0.2) is 5.97 Å². The standard InChI is InChI=1S/C11H11NO2/c1-2-9(8-12)11(13)14-10-6-4-3-5-7-10/h3-7,9H,2H2,1H3. The zero-order valence-corrected chi connectivity index (χ0v) is 7.93. The molecule has 0 N–H and O–H groups in total. The van der Waals surface area contributed by atoms with Gasteiger partial charge < -0.3 is 4.74 Å². The van der Waals surface area contributed by atoms with E-state index in [0.29, 0.717) is 12.2 Å². The molecule has 1 rings (SSSR count). The van der Waals surface area contributed by atoms with Gasteiger partial charge in [0.05, 0.1) is 6.07 Å². The molecule has 0 bridgehead atoms. The lowest BCUT2D eigenvalue weighted by atomic mass is 10.1. The van der Waals surface area contributed by atoms with E-state index in [1.807, 2.05) is 12.1 Å². The van der Waals surface area contributed by atoms with Gasteiger partial charge in [-0.25, -0.2) is 0 Å². The fourth-order valence-corrected chi connectivity index (χ4v) is 0.986. The zero-order chi connectivity index (χ0) is 10.4. The highest BCUT2D eigenvalue weighted by atomic mass is 16.5. The molecule has 3 nitrogen and oxygen atoms in total. The molecule has 0 heterocycles. The molecule has 0 radical (unpaired) electrons. The average Bonchev–Trinajstić information content (AvgIpc) is 2.21. The summed E-state index contributed by atoms with van der Waals surface area (Å²) in [6.07, 6.45) is 0.474. The lowest BCUT2D eigenvalue weighted by molar-refractivity contribution is -0.137. The van der Waals surface area contributed by atoms with E-state index in [4.69, 9.17) is 10.00 Å². The summed E-state index contributed by atoms with van der Waals surface area (Å²) in [4.78, 5) is 11.3. The first-order chi connectivity index (χ1) is 6.77. The number of ether oxygens (including phenoxy) is 1. The minimum Gasteiger partial charge on any atom is -0.426 e. The number of nitriles is 1. The lowest BCUT2D eigenvalue weighted by Crippen LogP contribution is -2.18. The Morgan fingerprint density at radius 3 is 2.64 bits per heavy atom. The maximum atomic E-state index is 11.3. The Morgan fingerprint density at radius 1 is 1.50 bits per heavy atom. The van der Waals surface area contributed by atoms with Gasteiger partial charge >= 0.3 is 5.97 Å². The van der Waals surface area contributed by atoms with Crippen LogP contribution in [0.1, 0.15) is 13.3 Å². The molecule has 0 spiro atoms. The summed E-state index contributed by atoms with van der Waals surface area (Å²) >= 11 is 0. The van der Waals surface area contributed by atoms with Gasteiger partial charge in [-0.3, -0.25) is 4.79 Å². The Kier molecular flexibility index (Phi) is 3.69. The van der Waals surface area contributed by atoms with Crippen LogP contribution < -0.4 is 4.74 Å². The van der Waals surface area contributed by atoms with Gasteiger partial charge in [-0.15, -0.1) is 0 Å². The van der Waals surface area contributed by atoms with Gasteiger partial charge in [0.2, 0.25) is 0 Å². The topological polar surface area (TPSA) is 50.1 Å². The number of hydrogen-bond donors (Lipinski definition) is 0. The molecule has 0 saturated heterocycles. The van der Waals surface area contributed by atoms with Crippen LogP contribution in [0.2, 0.25) is 0 Å². The minimum absolute atomic E-state index is 0.474. The van der Waals surface area contributed by atoms with Crippen LogP contribution in [-0.2, 0) is 4.79 Å². The quantitative estimate of drug-likeness (QED) is 0.540. The van der Waals surface area contributed by atoms with Crippen molar-refractivity contribution in [2.24, 2.45) is 5.92 Å². The molecule has 0 aliphatic rings. The van der Waals surface area contributed by atoms with Crippen molar-refractivity contribution >= 4 is 5.97 Å². The third kappa shape index (κ3) is 2.60. The van der Waals surface area contributed by atoms with Crippen LogP contribution in [0.4, 0.5) is 0 Å². The first-order valence-electron chi connectivity index (χ1n) is 4.44. The first kappa shape index (κ1) is 10.3. The van der Waals surface area contributed by atoms with Gasteiger partial charge in [0.15, 0.2) is 0 Å².